The Morgan fingerprint density at radius 2 is 1.59 bits per heavy atom. The van der Waals surface area contributed by atoms with E-state index in [9.17, 15) is 0 Å². The Morgan fingerprint density at radius 3 is 2.41 bits per heavy atom. The smallest absolute Gasteiger partial charge is 0.0731 e. The SMILES string of the molecule is Clc1ccc(-c2cc(-c3cccnc3)nc3ccc4ccccc4c23)cc1. The van der Waals surface area contributed by atoms with Crippen molar-refractivity contribution in [3.05, 3.63) is 96.3 Å². The summed E-state index contributed by atoms with van der Waals surface area (Å²) in [4.78, 5) is 9.18. The van der Waals surface area contributed by atoms with Crippen LogP contribution in [0.4, 0.5) is 0 Å². The number of hydrogen-bond acceptors (Lipinski definition) is 2. The Balaban J connectivity index is 1.90. The molecule has 2 aromatic heterocycles. The minimum Gasteiger partial charge on any atom is -0.264 e. The third-order valence-corrected chi connectivity index (χ3v) is 5.06. The number of benzene rings is 3. The van der Waals surface area contributed by atoms with E-state index in [-0.39, 0.29) is 0 Å². The van der Waals surface area contributed by atoms with Crippen LogP contribution in [0.25, 0.3) is 44.1 Å². The van der Waals surface area contributed by atoms with Gasteiger partial charge in [0, 0.05) is 28.4 Å². The molecule has 0 unspecified atom stereocenters. The van der Waals surface area contributed by atoms with Crippen LogP contribution in [0.1, 0.15) is 0 Å². The van der Waals surface area contributed by atoms with Crippen molar-refractivity contribution < 1.29 is 0 Å². The van der Waals surface area contributed by atoms with E-state index in [0.29, 0.717) is 0 Å². The largest absolute Gasteiger partial charge is 0.264 e. The molecule has 0 aliphatic carbocycles. The predicted molar refractivity (Wildman–Crippen MR) is 113 cm³/mol. The van der Waals surface area contributed by atoms with Crippen LogP contribution in [0, 0.1) is 0 Å². The molecule has 5 aromatic rings. The molecule has 128 valence electrons. The van der Waals surface area contributed by atoms with Crippen LogP contribution in [0.15, 0.2) is 91.3 Å². The fourth-order valence-corrected chi connectivity index (χ4v) is 3.65. The van der Waals surface area contributed by atoms with Gasteiger partial charge in [-0.2, -0.15) is 0 Å². The number of fused-ring (bicyclic) bond motifs is 3. The van der Waals surface area contributed by atoms with Crippen molar-refractivity contribution in [1.29, 1.82) is 0 Å². The zero-order chi connectivity index (χ0) is 18.2. The maximum atomic E-state index is 6.12. The molecule has 0 atom stereocenters. The molecular formula is C24H15ClN2. The lowest BCUT2D eigenvalue weighted by Crippen LogP contribution is -1.91. The van der Waals surface area contributed by atoms with E-state index in [1.165, 1.54) is 10.8 Å². The number of halogens is 1. The zero-order valence-electron chi connectivity index (χ0n) is 14.4. The number of pyridine rings is 2. The normalized spacial score (nSPS) is 11.1. The van der Waals surface area contributed by atoms with E-state index in [2.05, 4.69) is 59.6 Å². The molecule has 0 amide bonds. The molecular weight excluding hydrogens is 352 g/mol. The summed E-state index contributed by atoms with van der Waals surface area (Å²) in [6.07, 6.45) is 3.62. The van der Waals surface area contributed by atoms with Crippen molar-refractivity contribution in [2.24, 2.45) is 0 Å². The standard InChI is InChI=1S/C24H15ClN2/c25-19-10-7-17(8-11-19)21-14-23(18-5-3-13-26-15-18)27-22-12-9-16-4-1-2-6-20(16)24(21)22/h1-15H. The molecule has 3 aromatic carbocycles. The summed E-state index contributed by atoms with van der Waals surface area (Å²) >= 11 is 6.12. The van der Waals surface area contributed by atoms with Gasteiger partial charge in [-0.1, -0.05) is 54.1 Å². The summed E-state index contributed by atoms with van der Waals surface area (Å²) in [5.74, 6) is 0. The molecule has 0 saturated carbocycles. The molecule has 0 aliphatic rings. The van der Waals surface area contributed by atoms with E-state index in [4.69, 9.17) is 16.6 Å². The molecule has 2 heterocycles. The first-order valence-corrected chi connectivity index (χ1v) is 9.16. The van der Waals surface area contributed by atoms with Crippen molar-refractivity contribution in [2.45, 2.75) is 0 Å². The molecule has 0 N–H and O–H groups in total. The van der Waals surface area contributed by atoms with Crippen LogP contribution in [-0.2, 0) is 0 Å². The molecule has 0 aliphatic heterocycles. The van der Waals surface area contributed by atoms with Gasteiger partial charge in [0.05, 0.1) is 11.2 Å². The van der Waals surface area contributed by atoms with E-state index in [1.807, 2.05) is 30.5 Å². The minimum absolute atomic E-state index is 0.731. The van der Waals surface area contributed by atoms with Crippen molar-refractivity contribution in [1.82, 2.24) is 9.97 Å². The van der Waals surface area contributed by atoms with E-state index in [1.54, 1.807) is 6.20 Å². The number of nitrogens with zero attached hydrogens (tertiary/aromatic N) is 2. The Hall–Kier alpha value is -3.23. The average molecular weight is 367 g/mol. The topological polar surface area (TPSA) is 25.8 Å². The van der Waals surface area contributed by atoms with Gasteiger partial charge < -0.3 is 0 Å². The predicted octanol–water partition coefficient (Wildman–Crippen LogP) is 6.77. The fourth-order valence-electron chi connectivity index (χ4n) is 3.53. The Kier molecular flexibility index (Phi) is 3.84. The molecule has 0 radical (unpaired) electrons. The summed E-state index contributed by atoms with van der Waals surface area (Å²) in [5, 5.41) is 4.29. The van der Waals surface area contributed by atoms with E-state index >= 15 is 0 Å². The molecule has 2 nitrogen and oxygen atoms in total. The lowest BCUT2D eigenvalue weighted by molar-refractivity contribution is 1.30. The summed E-state index contributed by atoms with van der Waals surface area (Å²) < 4.78 is 0. The van der Waals surface area contributed by atoms with Crippen LogP contribution >= 0.6 is 11.6 Å². The first-order valence-electron chi connectivity index (χ1n) is 8.78. The second-order valence-corrected chi connectivity index (χ2v) is 6.92. The maximum absolute atomic E-state index is 6.12. The second kappa shape index (κ2) is 6.49. The summed E-state index contributed by atoms with van der Waals surface area (Å²) in [7, 11) is 0. The van der Waals surface area contributed by atoms with Crippen LogP contribution < -0.4 is 0 Å². The van der Waals surface area contributed by atoms with E-state index in [0.717, 1.165) is 38.3 Å². The third kappa shape index (κ3) is 2.84. The molecule has 0 fully saturated rings. The number of rotatable bonds is 2. The van der Waals surface area contributed by atoms with Crippen molar-refractivity contribution >= 4 is 33.3 Å². The van der Waals surface area contributed by atoms with Gasteiger partial charge in [0.15, 0.2) is 0 Å². The van der Waals surface area contributed by atoms with Gasteiger partial charge in [0.2, 0.25) is 0 Å². The molecule has 5 rings (SSSR count). The highest BCUT2D eigenvalue weighted by Crippen LogP contribution is 2.36. The summed E-state index contributed by atoms with van der Waals surface area (Å²) in [6.45, 7) is 0. The average Bonchev–Trinajstić information content (AvgIpc) is 2.74. The highest BCUT2D eigenvalue weighted by molar-refractivity contribution is 6.30. The highest BCUT2D eigenvalue weighted by Gasteiger charge is 2.12. The van der Waals surface area contributed by atoms with Crippen LogP contribution in [0.3, 0.4) is 0 Å². The van der Waals surface area contributed by atoms with Crippen molar-refractivity contribution in [2.75, 3.05) is 0 Å². The highest BCUT2D eigenvalue weighted by atomic mass is 35.5. The monoisotopic (exact) mass is 366 g/mol. The Labute approximate surface area is 162 Å². The van der Waals surface area contributed by atoms with Crippen molar-refractivity contribution in [3.8, 4) is 22.4 Å². The summed E-state index contributed by atoms with van der Waals surface area (Å²) in [6, 6.07) is 26.7. The van der Waals surface area contributed by atoms with Gasteiger partial charge in [0.25, 0.3) is 0 Å². The molecule has 0 saturated heterocycles. The second-order valence-electron chi connectivity index (χ2n) is 6.48. The van der Waals surface area contributed by atoms with Crippen LogP contribution in [0.2, 0.25) is 5.02 Å². The van der Waals surface area contributed by atoms with Gasteiger partial charge in [0.1, 0.15) is 0 Å². The first-order chi connectivity index (χ1) is 13.3. The zero-order valence-corrected chi connectivity index (χ0v) is 15.2. The number of aromatic nitrogens is 2. The molecule has 27 heavy (non-hydrogen) atoms. The fraction of sp³-hybridized carbons (Fsp3) is 0. The minimum atomic E-state index is 0.731. The Bertz CT molecular complexity index is 1260. The third-order valence-electron chi connectivity index (χ3n) is 4.81. The molecule has 0 bridgehead atoms. The van der Waals surface area contributed by atoms with Gasteiger partial charge in [-0.3, -0.25) is 4.98 Å². The molecule has 3 heteroatoms. The van der Waals surface area contributed by atoms with Gasteiger partial charge in [-0.15, -0.1) is 0 Å². The van der Waals surface area contributed by atoms with Crippen molar-refractivity contribution in [3.63, 3.8) is 0 Å². The van der Waals surface area contributed by atoms with Crippen LogP contribution in [-0.4, -0.2) is 9.97 Å². The summed E-state index contributed by atoms with van der Waals surface area (Å²) in [5.41, 5.74) is 5.15. The quantitative estimate of drug-likeness (QED) is 0.322. The lowest BCUT2D eigenvalue weighted by atomic mass is 9.95. The van der Waals surface area contributed by atoms with Gasteiger partial charge in [-0.25, -0.2) is 4.98 Å². The Morgan fingerprint density at radius 1 is 0.741 bits per heavy atom. The lowest BCUT2D eigenvalue weighted by Gasteiger charge is -2.13. The first kappa shape index (κ1) is 16.0. The maximum Gasteiger partial charge on any atom is 0.0731 e. The molecule has 0 spiro atoms. The van der Waals surface area contributed by atoms with Crippen LogP contribution in [0.5, 0.6) is 0 Å². The number of hydrogen-bond donors (Lipinski definition) is 0. The van der Waals surface area contributed by atoms with Gasteiger partial charge in [-0.05, 0) is 58.3 Å². The van der Waals surface area contributed by atoms with Gasteiger partial charge >= 0.3 is 0 Å². The van der Waals surface area contributed by atoms with E-state index < -0.39 is 0 Å².